The summed E-state index contributed by atoms with van der Waals surface area (Å²) in [7, 11) is 0. The Labute approximate surface area is 181 Å². The van der Waals surface area contributed by atoms with Gasteiger partial charge in [-0.05, 0) is 49.7 Å². The fourth-order valence-electron chi connectivity index (χ4n) is 3.43. The maximum absolute atomic E-state index is 12.4. The standard InChI is InChI=1S/C23H19N3O4S/c1-13-6-5-7-15(12-13)26-17-9-4-3-8-16(17)20(22(26)28)14(2)24-25-21(27)18-10-11-19(31-18)23(29)30/h3-12,28H,1-2H3,(H,25,27)(H,29,30). The van der Waals surface area contributed by atoms with Crippen LogP contribution in [0.25, 0.3) is 16.6 Å². The summed E-state index contributed by atoms with van der Waals surface area (Å²) in [6, 6.07) is 18.2. The van der Waals surface area contributed by atoms with Crippen LogP contribution in [-0.4, -0.2) is 32.4 Å². The third kappa shape index (κ3) is 3.80. The number of aromatic nitrogens is 1. The molecule has 2 aromatic carbocycles. The highest BCUT2D eigenvalue weighted by Crippen LogP contribution is 2.35. The molecule has 0 radical (unpaired) electrons. The second-order valence-electron chi connectivity index (χ2n) is 7.00. The molecule has 2 heterocycles. The molecule has 0 aliphatic heterocycles. The topological polar surface area (TPSA) is 104 Å². The third-order valence-electron chi connectivity index (χ3n) is 4.84. The van der Waals surface area contributed by atoms with Gasteiger partial charge in [0.1, 0.15) is 4.88 Å². The van der Waals surface area contributed by atoms with Crippen LogP contribution in [0.2, 0.25) is 0 Å². The number of fused-ring (bicyclic) bond motifs is 1. The predicted octanol–water partition coefficient (Wildman–Crippen LogP) is 4.56. The Morgan fingerprint density at radius 2 is 1.77 bits per heavy atom. The average molecular weight is 433 g/mol. The van der Waals surface area contributed by atoms with Gasteiger partial charge in [-0.25, -0.2) is 10.2 Å². The van der Waals surface area contributed by atoms with E-state index in [-0.39, 0.29) is 15.6 Å². The van der Waals surface area contributed by atoms with Gasteiger partial charge in [-0.3, -0.25) is 9.36 Å². The molecule has 0 saturated carbocycles. The molecular weight excluding hydrogens is 414 g/mol. The number of hydrogen-bond acceptors (Lipinski definition) is 5. The third-order valence-corrected chi connectivity index (χ3v) is 5.91. The van der Waals surface area contributed by atoms with Crippen molar-refractivity contribution in [1.29, 1.82) is 0 Å². The van der Waals surface area contributed by atoms with Crippen LogP contribution in [0.15, 0.2) is 65.8 Å². The summed E-state index contributed by atoms with van der Waals surface area (Å²) < 4.78 is 1.75. The lowest BCUT2D eigenvalue weighted by molar-refractivity contribution is 0.0702. The van der Waals surface area contributed by atoms with E-state index in [1.54, 1.807) is 11.5 Å². The van der Waals surface area contributed by atoms with Crippen molar-refractivity contribution in [2.75, 3.05) is 0 Å². The molecule has 0 fully saturated rings. The normalized spacial score (nSPS) is 11.6. The van der Waals surface area contributed by atoms with E-state index in [0.29, 0.717) is 11.3 Å². The predicted molar refractivity (Wildman–Crippen MR) is 121 cm³/mol. The number of aromatic carboxylic acids is 1. The van der Waals surface area contributed by atoms with Gasteiger partial charge in [0.2, 0.25) is 5.88 Å². The number of hydrogen-bond donors (Lipinski definition) is 3. The smallest absolute Gasteiger partial charge is 0.345 e. The van der Waals surface area contributed by atoms with Gasteiger partial charge in [-0.2, -0.15) is 5.10 Å². The summed E-state index contributed by atoms with van der Waals surface area (Å²) in [4.78, 5) is 23.7. The van der Waals surface area contributed by atoms with Gasteiger partial charge < -0.3 is 10.2 Å². The number of nitrogens with one attached hydrogen (secondary N) is 1. The van der Waals surface area contributed by atoms with E-state index in [9.17, 15) is 14.7 Å². The molecule has 0 saturated heterocycles. The van der Waals surface area contributed by atoms with Crippen LogP contribution >= 0.6 is 11.3 Å². The molecule has 1 amide bonds. The highest BCUT2D eigenvalue weighted by Gasteiger charge is 2.20. The lowest BCUT2D eigenvalue weighted by atomic mass is 10.1. The zero-order chi connectivity index (χ0) is 22.1. The van der Waals surface area contributed by atoms with Crippen LogP contribution in [0.4, 0.5) is 0 Å². The number of carbonyl (C=O) groups is 2. The largest absolute Gasteiger partial charge is 0.494 e. The molecule has 0 aliphatic carbocycles. The van der Waals surface area contributed by atoms with Crippen LogP contribution < -0.4 is 5.43 Å². The van der Waals surface area contributed by atoms with Crippen molar-refractivity contribution < 1.29 is 19.8 Å². The molecule has 8 heteroatoms. The zero-order valence-electron chi connectivity index (χ0n) is 16.8. The van der Waals surface area contributed by atoms with Crippen LogP contribution in [0.1, 0.15) is 37.4 Å². The summed E-state index contributed by atoms with van der Waals surface area (Å²) >= 11 is 0.871. The first kappa shape index (κ1) is 20.4. The number of rotatable bonds is 5. The molecule has 0 unspecified atom stereocenters. The van der Waals surface area contributed by atoms with E-state index in [2.05, 4.69) is 10.5 Å². The van der Waals surface area contributed by atoms with Crippen LogP contribution in [0.5, 0.6) is 5.88 Å². The Balaban J connectivity index is 1.72. The van der Waals surface area contributed by atoms with E-state index in [1.807, 2.05) is 55.5 Å². The van der Waals surface area contributed by atoms with E-state index >= 15 is 0 Å². The van der Waals surface area contributed by atoms with Crippen molar-refractivity contribution >= 4 is 39.8 Å². The number of aryl methyl sites for hydroxylation is 1. The molecule has 7 nitrogen and oxygen atoms in total. The van der Waals surface area contributed by atoms with E-state index in [0.717, 1.165) is 33.5 Å². The first-order chi connectivity index (χ1) is 14.9. The Morgan fingerprint density at radius 3 is 2.48 bits per heavy atom. The number of para-hydroxylation sites is 1. The van der Waals surface area contributed by atoms with Crippen LogP contribution in [0.3, 0.4) is 0 Å². The number of benzene rings is 2. The molecule has 156 valence electrons. The first-order valence-corrected chi connectivity index (χ1v) is 10.3. The van der Waals surface area contributed by atoms with Gasteiger partial charge >= 0.3 is 5.97 Å². The number of thiophene rings is 1. The summed E-state index contributed by atoms with van der Waals surface area (Å²) in [5.41, 5.74) is 6.06. The van der Waals surface area contributed by atoms with Crippen molar-refractivity contribution in [3.8, 4) is 11.6 Å². The summed E-state index contributed by atoms with van der Waals surface area (Å²) in [6.45, 7) is 3.68. The highest BCUT2D eigenvalue weighted by molar-refractivity contribution is 7.15. The number of aromatic hydroxyl groups is 1. The molecule has 4 rings (SSSR count). The fourth-order valence-corrected chi connectivity index (χ4v) is 4.17. The average Bonchev–Trinajstić information content (AvgIpc) is 3.34. The van der Waals surface area contributed by atoms with Crippen molar-refractivity contribution in [3.63, 3.8) is 0 Å². The lowest BCUT2D eigenvalue weighted by Gasteiger charge is -2.08. The summed E-state index contributed by atoms with van der Waals surface area (Å²) in [6.07, 6.45) is 0. The SMILES string of the molecule is CC(=NNC(=O)c1ccc(C(=O)O)s1)c1c(O)n(-c2cccc(C)c2)c2ccccc12. The van der Waals surface area contributed by atoms with Crippen molar-refractivity contribution in [3.05, 3.63) is 81.5 Å². The summed E-state index contributed by atoms with van der Waals surface area (Å²) in [5, 5.41) is 25.0. The molecule has 0 atom stereocenters. The molecule has 0 spiro atoms. The highest BCUT2D eigenvalue weighted by atomic mass is 32.1. The second-order valence-corrected chi connectivity index (χ2v) is 8.08. The van der Waals surface area contributed by atoms with Crippen LogP contribution in [0, 0.1) is 6.92 Å². The van der Waals surface area contributed by atoms with Crippen molar-refractivity contribution in [1.82, 2.24) is 9.99 Å². The first-order valence-electron chi connectivity index (χ1n) is 9.44. The molecule has 31 heavy (non-hydrogen) atoms. The van der Waals surface area contributed by atoms with Gasteiger partial charge in [-0.15, -0.1) is 11.3 Å². The molecule has 4 aromatic rings. The number of carboxylic acids is 1. The quantitative estimate of drug-likeness (QED) is 0.317. The minimum atomic E-state index is -1.09. The summed E-state index contributed by atoms with van der Waals surface area (Å²) in [5.74, 6) is -1.58. The number of amides is 1. The van der Waals surface area contributed by atoms with Gasteiger partial charge in [0.25, 0.3) is 5.91 Å². The van der Waals surface area contributed by atoms with Gasteiger partial charge in [-0.1, -0.05) is 30.3 Å². The fraction of sp³-hybridized carbons (Fsp3) is 0.0870. The molecular formula is C23H19N3O4S. The maximum atomic E-state index is 12.4. The molecule has 3 N–H and O–H groups in total. The van der Waals surface area contributed by atoms with Crippen molar-refractivity contribution in [2.24, 2.45) is 5.10 Å². The maximum Gasteiger partial charge on any atom is 0.345 e. The molecule has 0 bridgehead atoms. The van der Waals surface area contributed by atoms with Gasteiger partial charge in [0, 0.05) is 11.1 Å². The Hall–Kier alpha value is -3.91. The lowest BCUT2D eigenvalue weighted by Crippen LogP contribution is -2.18. The van der Waals surface area contributed by atoms with Crippen molar-refractivity contribution in [2.45, 2.75) is 13.8 Å². The minimum Gasteiger partial charge on any atom is -0.494 e. The van der Waals surface area contributed by atoms with Gasteiger partial charge in [0.15, 0.2) is 0 Å². The number of nitrogens with zero attached hydrogens (tertiary/aromatic N) is 2. The Morgan fingerprint density at radius 1 is 1.03 bits per heavy atom. The minimum absolute atomic E-state index is 0.0200. The van der Waals surface area contributed by atoms with E-state index < -0.39 is 11.9 Å². The molecule has 0 aliphatic rings. The van der Waals surface area contributed by atoms with Gasteiger partial charge in [0.05, 0.1) is 21.7 Å². The number of carbonyl (C=O) groups excluding carboxylic acids is 1. The number of carboxylic acid groups (broad SMARTS) is 1. The van der Waals surface area contributed by atoms with E-state index in [1.165, 1.54) is 12.1 Å². The Kier molecular flexibility index (Phi) is 5.31. The molecule has 2 aromatic heterocycles. The Bertz CT molecular complexity index is 1350. The zero-order valence-corrected chi connectivity index (χ0v) is 17.6. The number of hydrazone groups is 1. The van der Waals surface area contributed by atoms with E-state index in [4.69, 9.17) is 5.11 Å². The second kappa shape index (κ2) is 8.08. The monoisotopic (exact) mass is 433 g/mol. The van der Waals surface area contributed by atoms with Crippen LogP contribution in [-0.2, 0) is 0 Å².